The fourth-order valence-electron chi connectivity index (χ4n) is 3.54. The number of allylic oxidation sites excluding steroid dienone is 2. The van der Waals surface area contributed by atoms with Crippen molar-refractivity contribution in [1.82, 2.24) is 19.9 Å². The number of pyridine rings is 1. The number of rotatable bonds is 12. The van der Waals surface area contributed by atoms with E-state index < -0.39 is 18.3 Å². The highest BCUT2D eigenvalue weighted by Crippen LogP contribution is 2.36. The Morgan fingerprint density at radius 2 is 1.82 bits per heavy atom. The van der Waals surface area contributed by atoms with Crippen LogP contribution in [0.5, 0.6) is 0 Å². The fourth-order valence-corrected chi connectivity index (χ4v) is 4.66. The summed E-state index contributed by atoms with van der Waals surface area (Å²) in [6.45, 7) is 9.14. The predicted molar refractivity (Wildman–Crippen MR) is 146 cm³/mol. The SMILES string of the molecule is C=C/C(F)=C(/CNc1nc(C)c(-c2nc3c(C)nccc3s2)c(NCCC(CC)CO)n1)C(=C)F.FC(F)F. The van der Waals surface area contributed by atoms with Crippen molar-refractivity contribution in [2.75, 3.05) is 30.3 Å². The second-order valence-corrected chi connectivity index (χ2v) is 9.36. The molecule has 3 aromatic rings. The molecule has 3 N–H and O–H groups in total. The summed E-state index contributed by atoms with van der Waals surface area (Å²) in [6, 6.07) is 1.92. The van der Waals surface area contributed by atoms with Crippen molar-refractivity contribution in [3.05, 3.63) is 60.1 Å². The molecule has 39 heavy (non-hydrogen) atoms. The van der Waals surface area contributed by atoms with Crippen molar-refractivity contribution in [3.8, 4) is 10.6 Å². The van der Waals surface area contributed by atoms with Crippen LogP contribution in [0, 0.1) is 19.8 Å². The second-order valence-electron chi connectivity index (χ2n) is 8.33. The summed E-state index contributed by atoms with van der Waals surface area (Å²) in [6.07, 6.45) is 4.29. The zero-order valence-electron chi connectivity index (χ0n) is 21.9. The number of fused-ring (bicyclic) bond motifs is 1. The third kappa shape index (κ3) is 9.06. The first-order valence-corrected chi connectivity index (χ1v) is 12.8. The van der Waals surface area contributed by atoms with Crippen molar-refractivity contribution < 1.29 is 27.1 Å². The minimum Gasteiger partial charge on any atom is -0.396 e. The van der Waals surface area contributed by atoms with E-state index in [0.29, 0.717) is 18.1 Å². The molecular formula is C26H31F5N6OS. The monoisotopic (exact) mass is 570 g/mol. The van der Waals surface area contributed by atoms with Crippen LogP contribution in [0.15, 0.2) is 48.7 Å². The molecule has 13 heteroatoms. The number of alkyl halides is 3. The second kappa shape index (κ2) is 15.2. The van der Waals surface area contributed by atoms with E-state index in [4.69, 9.17) is 4.98 Å². The van der Waals surface area contributed by atoms with Gasteiger partial charge in [-0.2, -0.15) is 18.2 Å². The lowest BCUT2D eigenvalue weighted by Crippen LogP contribution is -2.15. The lowest BCUT2D eigenvalue weighted by Gasteiger charge is -2.16. The number of aliphatic hydroxyl groups excluding tert-OH is 1. The Hall–Kier alpha value is -3.45. The number of hydrogen-bond donors (Lipinski definition) is 3. The van der Waals surface area contributed by atoms with Crippen molar-refractivity contribution in [3.63, 3.8) is 0 Å². The molecule has 0 aliphatic heterocycles. The molecule has 0 saturated heterocycles. The van der Waals surface area contributed by atoms with E-state index in [0.717, 1.165) is 45.4 Å². The summed E-state index contributed by atoms with van der Waals surface area (Å²) < 4.78 is 57.7. The maximum atomic E-state index is 14.0. The van der Waals surface area contributed by atoms with Gasteiger partial charge in [0.05, 0.1) is 21.7 Å². The first-order chi connectivity index (χ1) is 18.5. The van der Waals surface area contributed by atoms with Crippen molar-refractivity contribution in [2.45, 2.75) is 40.3 Å². The maximum absolute atomic E-state index is 14.0. The number of halogens is 5. The van der Waals surface area contributed by atoms with E-state index in [1.54, 1.807) is 6.20 Å². The molecule has 0 radical (unpaired) electrons. The van der Waals surface area contributed by atoms with Gasteiger partial charge in [-0.1, -0.05) is 26.5 Å². The molecule has 0 fully saturated rings. The van der Waals surface area contributed by atoms with Gasteiger partial charge in [-0.15, -0.1) is 11.3 Å². The molecule has 0 saturated carbocycles. The molecule has 0 aliphatic rings. The summed E-state index contributed by atoms with van der Waals surface area (Å²) in [7, 11) is 0. The number of nitrogens with one attached hydrogen (secondary N) is 2. The summed E-state index contributed by atoms with van der Waals surface area (Å²) in [5, 5.41) is 16.5. The number of hydrogen-bond acceptors (Lipinski definition) is 8. The predicted octanol–water partition coefficient (Wildman–Crippen LogP) is 7.07. The highest BCUT2D eigenvalue weighted by atomic mass is 32.1. The van der Waals surface area contributed by atoms with Gasteiger partial charge in [0.2, 0.25) is 5.95 Å². The van der Waals surface area contributed by atoms with Gasteiger partial charge in [0, 0.05) is 31.5 Å². The summed E-state index contributed by atoms with van der Waals surface area (Å²) in [5.41, 5.74) is 2.80. The molecule has 7 nitrogen and oxygen atoms in total. The van der Waals surface area contributed by atoms with Gasteiger partial charge in [0.15, 0.2) is 0 Å². The maximum Gasteiger partial charge on any atom is 0.379 e. The van der Waals surface area contributed by atoms with Gasteiger partial charge >= 0.3 is 6.68 Å². The van der Waals surface area contributed by atoms with Gasteiger partial charge in [-0.25, -0.2) is 18.7 Å². The quantitative estimate of drug-likeness (QED) is 0.158. The van der Waals surface area contributed by atoms with Gasteiger partial charge in [0.1, 0.15) is 28.0 Å². The van der Waals surface area contributed by atoms with Crippen LogP contribution in [0.2, 0.25) is 0 Å². The standard InChI is InChI=1S/C25H30F2N6OS.CHF3/c1-6-17(13-34)8-10-29-23-21(24-32-22-16(5)28-11-9-20(22)35-24)15(4)31-25(33-23)30-12-18(14(3)26)19(27)7-2;2-1(3)4/h7,9,11,17,34H,2-3,6,8,10,12-13H2,1,4-5H3,(H2,29,30,31,33);1H/b19-18+;. The normalized spacial score (nSPS) is 12.5. The minimum absolute atomic E-state index is 0.113. The van der Waals surface area contributed by atoms with Crippen LogP contribution >= 0.6 is 11.3 Å². The minimum atomic E-state index is -3.67. The highest BCUT2D eigenvalue weighted by Gasteiger charge is 2.19. The molecule has 1 atom stereocenters. The lowest BCUT2D eigenvalue weighted by molar-refractivity contribution is 0.00819. The van der Waals surface area contributed by atoms with Crippen LogP contribution in [0.25, 0.3) is 20.8 Å². The fraction of sp³-hybridized carbons (Fsp3) is 0.385. The molecule has 0 spiro atoms. The van der Waals surface area contributed by atoms with E-state index in [1.165, 1.54) is 11.3 Å². The zero-order valence-corrected chi connectivity index (χ0v) is 22.7. The molecule has 3 rings (SSSR count). The molecule has 0 aromatic carbocycles. The molecular weight excluding hydrogens is 539 g/mol. The lowest BCUT2D eigenvalue weighted by atomic mass is 10.0. The van der Waals surface area contributed by atoms with Crippen LogP contribution < -0.4 is 10.6 Å². The van der Waals surface area contributed by atoms with E-state index in [9.17, 15) is 27.1 Å². The molecule has 212 valence electrons. The molecule has 1 unspecified atom stereocenters. The molecule has 3 aromatic heterocycles. The Morgan fingerprint density at radius 3 is 2.38 bits per heavy atom. The Balaban J connectivity index is 0.00000124. The Labute approximate surface area is 227 Å². The van der Waals surface area contributed by atoms with Gasteiger partial charge in [0.25, 0.3) is 0 Å². The molecule has 3 heterocycles. The van der Waals surface area contributed by atoms with Gasteiger partial charge < -0.3 is 15.7 Å². The van der Waals surface area contributed by atoms with Crippen molar-refractivity contribution >= 4 is 33.3 Å². The first kappa shape index (κ1) is 31.8. The van der Waals surface area contributed by atoms with Crippen LogP contribution in [-0.4, -0.2) is 51.4 Å². The highest BCUT2D eigenvalue weighted by molar-refractivity contribution is 7.21. The first-order valence-electron chi connectivity index (χ1n) is 12.0. The van der Waals surface area contributed by atoms with Crippen LogP contribution in [0.3, 0.4) is 0 Å². The summed E-state index contributed by atoms with van der Waals surface area (Å²) >= 11 is 1.52. The zero-order chi connectivity index (χ0) is 29.1. The summed E-state index contributed by atoms with van der Waals surface area (Å²) in [5.74, 6) is -0.768. The Kier molecular flexibility index (Phi) is 12.4. The van der Waals surface area contributed by atoms with Crippen molar-refractivity contribution in [2.24, 2.45) is 5.92 Å². The third-order valence-corrected chi connectivity index (χ3v) is 6.73. The van der Waals surface area contributed by atoms with Crippen LogP contribution in [0.1, 0.15) is 31.2 Å². The van der Waals surface area contributed by atoms with Gasteiger partial charge in [-0.3, -0.25) is 4.98 Å². The summed E-state index contributed by atoms with van der Waals surface area (Å²) in [4.78, 5) is 18.2. The van der Waals surface area contributed by atoms with E-state index in [2.05, 4.69) is 38.7 Å². The number of aryl methyl sites for hydroxylation is 2. The topological polar surface area (TPSA) is 95.9 Å². The Morgan fingerprint density at radius 1 is 1.13 bits per heavy atom. The van der Waals surface area contributed by atoms with Crippen LogP contribution in [-0.2, 0) is 0 Å². The van der Waals surface area contributed by atoms with E-state index >= 15 is 0 Å². The van der Waals surface area contributed by atoms with Crippen LogP contribution in [0.4, 0.5) is 33.7 Å². The van der Waals surface area contributed by atoms with Gasteiger partial charge in [-0.05, 0) is 38.3 Å². The number of anilines is 2. The number of aromatic nitrogens is 4. The van der Waals surface area contributed by atoms with Crippen molar-refractivity contribution in [1.29, 1.82) is 0 Å². The average molecular weight is 571 g/mol. The average Bonchev–Trinajstić information content (AvgIpc) is 3.31. The Bertz CT molecular complexity index is 1310. The van der Waals surface area contributed by atoms with E-state index in [-0.39, 0.29) is 30.6 Å². The molecule has 0 bridgehead atoms. The number of thiazole rings is 1. The number of nitrogens with zero attached hydrogens (tertiary/aromatic N) is 4. The largest absolute Gasteiger partial charge is 0.396 e. The third-order valence-electron chi connectivity index (χ3n) is 5.69. The molecule has 0 aliphatic carbocycles. The molecule has 0 amide bonds. The van der Waals surface area contributed by atoms with E-state index in [1.807, 2.05) is 26.8 Å². The number of aliphatic hydroxyl groups is 1. The smallest absolute Gasteiger partial charge is 0.379 e.